The van der Waals surface area contributed by atoms with Gasteiger partial charge in [0.1, 0.15) is 11.6 Å². The minimum Gasteiger partial charge on any atom is -0.506 e. The minimum absolute atomic E-state index is 0.0502. The van der Waals surface area contributed by atoms with Gasteiger partial charge in [-0.05, 0) is 74.5 Å². The molecule has 1 aliphatic heterocycles. The van der Waals surface area contributed by atoms with Crippen LogP contribution in [-0.4, -0.2) is 59.5 Å². The maximum absolute atomic E-state index is 13.4. The van der Waals surface area contributed by atoms with Crippen LogP contribution >= 0.6 is 0 Å². The first-order valence-electron chi connectivity index (χ1n) is 16.0. The average Bonchev–Trinajstić information content (AvgIpc) is 3.07. The summed E-state index contributed by atoms with van der Waals surface area (Å²) in [5.74, 6) is 0.541. The van der Waals surface area contributed by atoms with E-state index in [0.29, 0.717) is 68.2 Å². The normalized spacial score (nSPS) is 13.4. The molecule has 4 aromatic rings. The number of nitrogens with one attached hydrogen (secondary N) is 6. The number of pyridine rings is 2. The third kappa shape index (κ3) is 7.72. The minimum atomic E-state index is -0.255. The first kappa shape index (κ1) is 32.6. The number of rotatable bonds is 14. The molecule has 1 amide bonds. The standard InChI is InChI=1S/C35H43N7O4/c1-3-29-28(32(40-25-13-16-46-17-14-25)27(19-36)34(41-29)38-4-2)21-39-35(45)24-7-5-6-22(18-24)20-37-15-12-23-8-10-30(43)33-26(23)9-11-31(44)42-33/h5-11,18-19,25,36-37,43H,3-4,12-17,20-21H2,1-2H3,(H,39,45)(H,42,44)(H2,38,40,41). The van der Waals surface area contributed by atoms with E-state index in [9.17, 15) is 14.7 Å². The van der Waals surface area contributed by atoms with Crippen molar-refractivity contribution in [3.8, 4) is 5.75 Å². The Kier molecular flexibility index (Phi) is 11.0. The van der Waals surface area contributed by atoms with Gasteiger partial charge in [-0.3, -0.25) is 9.59 Å². The van der Waals surface area contributed by atoms with Crippen LogP contribution in [0.3, 0.4) is 0 Å². The summed E-state index contributed by atoms with van der Waals surface area (Å²) in [7, 11) is 0. The Labute approximate surface area is 268 Å². The number of phenolic OH excluding ortho intramolecular Hbond substituents is 1. The molecule has 3 heterocycles. The Morgan fingerprint density at radius 1 is 1.13 bits per heavy atom. The molecule has 0 spiro atoms. The maximum Gasteiger partial charge on any atom is 0.251 e. The van der Waals surface area contributed by atoms with Crippen molar-refractivity contribution in [2.45, 2.75) is 58.7 Å². The van der Waals surface area contributed by atoms with Gasteiger partial charge in [0.25, 0.3) is 5.91 Å². The molecule has 1 saturated heterocycles. The van der Waals surface area contributed by atoms with E-state index >= 15 is 0 Å². The summed E-state index contributed by atoms with van der Waals surface area (Å²) in [6, 6.07) is 14.4. The predicted molar refractivity (Wildman–Crippen MR) is 182 cm³/mol. The number of aryl methyl sites for hydroxylation is 1. The number of nitrogens with zero attached hydrogens (tertiary/aromatic N) is 1. The van der Waals surface area contributed by atoms with Crippen LogP contribution in [0, 0.1) is 5.41 Å². The molecule has 1 aliphatic rings. The summed E-state index contributed by atoms with van der Waals surface area (Å²) in [6.07, 6.45) is 4.46. The number of carbonyl (C=O) groups is 1. The Bertz CT molecular complexity index is 1750. The van der Waals surface area contributed by atoms with Crippen LogP contribution in [0.15, 0.2) is 53.3 Å². The Morgan fingerprint density at radius 3 is 2.72 bits per heavy atom. The average molecular weight is 626 g/mol. The number of anilines is 2. The number of aromatic hydroxyl groups is 1. The van der Waals surface area contributed by atoms with E-state index in [2.05, 4.69) is 26.3 Å². The molecule has 0 saturated carbocycles. The molecule has 11 heteroatoms. The highest BCUT2D eigenvalue weighted by atomic mass is 16.5. The first-order chi connectivity index (χ1) is 22.4. The highest BCUT2D eigenvalue weighted by Crippen LogP contribution is 2.31. The number of phenols is 1. The molecule has 0 aliphatic carbocycles. The zero-order valence-electron chi connectivity index (χ0n) is 26.5. The number of carbonyl (C=O) groups excluding carboxylic acids is 1. The van der Waals surface area contributed by atoms with E-state index in [1.165, 1.54) is 12.3 Å². The molecule has 242 valence electrons. The topological polar surface area (TPSA) is 164 Å². The number of amides is 1. The zero-order valence-corrected chi connectivity index (χ0v) is 26.5. The molecule has 0 bridgehead atoms. The Hall–Kier alpha value is -4.74. The molecule has 46 heavy (non-hydrogen) atoms. The van der Waals surface area contributed by atoms with Crippen molar-refractivity contribution in [2.75, 3.05) is 36.9 Å². The number of aromatic nitrogens is 2. The number of benzene rings is 2. The summed E-state index contributed by atoms with van der Waals surface area (Å²) in [5, 5.41) is 32.7. The molecule has 5 rings (SSSR count). The van der Waals surface area contributed by atoms with E-state index in [0.717, 1.165) is 46.3 Å². The number of ether oxygens (including phenoxy) is 1. The predicted octanol–water partition coefficient (Wildman–Crippen LogP) is 4.47. The molecule has 0 atom stereocenters. The van der Waals surface area contributed by atoms with Crippen LogP contribution < -0.4 is 26.8 Å². The van der Waals surface area contributed by atoms with Crippen LogP contribution in [0.25, 0.3) is 10.9 Å². The number of hydrogen-bond acceptors (Lipinski definition) is 9. The zero-order chi connectivity index (χ0) is 32.5. The van der Waals surface area contributed by atoms with Gasteiger partial charge in [-0.2, -0.15) is 0 Å². The van der Waals surface area contributed by atoms with Gasteiger partial charge in [0.2, 0.25) is 5.56 Å². The smallest absolute Gasteiger partial charge is 0.251 e. The van der Waals surface area contributed by atoms with Gasteiger partial charge in [-0.25, -0.2) is 4.98 Å². The molecule has 2 aromatic carbocycles. The summed E-state index contributed by atoms with van der Waals surface area (Å²) < 4.78 is 5.55. The molecule has 2 aromatic heterocycles. The van der Waals surface area contributed by atoms with E-state index in [4.69, 9.17) is 15.1 Å². The van der Waals surface area contributed by atoms with Gasteiger partial charge in [0.05, 0.1) is 16.8 Å². The van der Waals surface area contributed by atoms with Gasteiger partial charge in [0.15, 0.2) is 0 Å². The van der Waals surface area contributed by atoms with E-state index in [1.54, 1.807) is 18.2 Å². The third-order valence-electron chi connectivity index (χ3n) is 8.29. The van der Waals surface area contributed by atoms with E-state index in [-0.39, 0.29) is 29.8 Å². The lowest BCUT2D eigenvalue weighted by Crippen LogP contribution is -2.31. The summed E-state index contributed by atoms with van der Waals surface area (Å²) >= 11 is 0. The van der Waals surface area contributed by atoms with Crippen molar-refractivity contribution >= 4 is 34.5 Å². The number of aromatic amines is 1. The molecule has 0 unspecified atom stereocenters. The van der Waals surface area contributed by atoms with Crippen LogP contribution in [0.4, 0.5) is 11.5 Å². The lowest BCUT2D eigenvalue weighted by Gasteiger charge is -2.28. The Balaban J connectivity index is 1.25. The summed E-state index contributed by atoms with van der Waals surface area (Å²) in [6.45, 7) is 7.65. The number of fused-ring (bicyclic) bond motifs is 1. The number of H-pyrrole nitrogens is 1. The highest BCUT2D eigenvalue weighted by molar-refractivity contribution is 5.96. The van der Waals surface area contributed by atoms with Gasteiger partial charge in [-0.15, -0.1) is 0 Å². The second kappa shape index (κ2) is 15.5. The van der Waals surface area contributed by atoms with Crippen LogP contribution in [0.2, 0.25) is 0 Å². The van der Waals surface area contributed by atoms with E-state index < -0.39 is 0 Å². The van der Waals surface area contributed by atoms with Gasteiger partial charge in [-0.1, -0.05) is 25.1 Å². The fourth-order valence-electron chi connectivity index (χ4n) is 5.89. The molecular weight excluding hydrogens is 582 g/mol. The molecule has 1 fully saturated rings. The van der Waals surface area contributed by atoms with Crippen LogP contribution in [-0.2, 0) is 30.7 Å². The monoisotopic (exact) mass is 625 g/mol. The van der Waals surface area contributed by atoms with Gasteiger partial charge in [0, 0.05) is 73.4 Å². The highest BCUT2D eigenvalue weighted by Gasteiger charge is 2.22. The quantitative estimate of drug-likeness (QED) is 0.0797. The molecule has 7 N–H and O–H groups in total. The molecule has 11 nitrogen and oxygen atoms in total. The molecular formula is C35H43N7O4. The van der Waals surface area contributed by atoms with Crippen molar-refractivity contribution < 1.29 is 14.6 Å². The van der Waals surface area contributed by atoms with Crippen molar-refractivity contribution in [3.63, 3.8) is 0 Å². The van der Waals surface area contributed by atoms with Gasteiger partial charge < -0.3 is 41.5 Å². The van der Waals surface area contributed by atoms with Crippen molar-refractivity contribution in [3.05, 3.63) is 92.4 Å². The second-order valence-corrected chi connectivity index (χ2v) is 11.4. The SMILES string of the molecule is CCNc1nc(CC)c(CNC(=O)c2cccc(CNCCc3ccc(O)c4[nH]c(=O)ccc34)c2)c(NC2CCOCC2)c1C=N. The van der Waals surface area contributed by atoms with Crippen LogP contribution in [0.1, 0.15) is 65.0 Å². The molecule has 0 radical (unpaired) electrons. The van der Waals surface area contributed by atoms with Crippen molar-refractivity contribution in [1.29, 1.82) is 5.41 Å². The van der Waals surface area contributed by atoms with Crippen molar-refractivity contribution in [1.82, 2.24) is 20.6 Å². The van der Waals surface area contributed by atoms with Gasteiger partial charge >= 0.3 is 0 Å². The maximum atomic E-state index is 13.4. The fourth-order valence-corrected chi connectivity index (χ4v) is 5.89. The first-order valence-corrected chi connectivity index (χ1v) is 16.0. The van der Waals surface area contributed by atoms with E-state index in [1.807, 2.05) is 38.1 Å². The number of hydrogen-bond donors (Lipinski definition) is 7. The largest absolute Gasteiger partial charge is 0.506 e. The lowest BCUT2D eigenvalue weighted by atomic mass is 10.0. The van der Waals surface area contributed by atoms with Crippen LogP contribution in [0.5, 0.6) is 5.75 Å². The summed E-state index contributed by atoms with van der Waals surface area (Å²) in [4.78, 5) is 32.6. The lowest BCUT2D eigenvalue weighted by molar-refractivity contribution is 0.0904. The fraction of sp³-hybridized carbons (Fsp3) is 0.371. The van der Waals surface area contributed by atoms with Crippen molar-refractivity contribution in [2.24, 2.45) is 0 Å². The third-order valence-corrected chi connectivity index (χ3v) is 8.29. The second-order valence-electron chi connectivity index (χ2n) is 11.4. The Morgan fingerprint density at radius 2 is 1.96 bits per heavy atom. The summed E-state index contributed by atoms with van der Waals surface area (Å²) in [5.41, 5.74) is 6.05.